The Labute approximate surface area is 234 Å². The van der Waals surface area contributed by atoms with Gasteiger partial charge in [-0.25, -0.2) is 0 Å². The molecule has 0 aliphatic heterocycles. The summed E-state index contributed by atoms with van der Waals surface area (Å²) in [6.07, 6.45) is 7.25. The Hall–Kier alpha value is -3.59. The minimum absolute atomic E-state index is 0. The van der Waals surface area contributed by atoms with E-state index in [1.165, 1.54) is 67.4 Å². The Bertz CT molecular complexity index is 1680. The van der Waals surface area contributed by atoms with Crippen LogP contribution in [0.1, 0.15) is 24.5 Å². The lowest BCUT2D eigenvalue weighted by Crippen LogP contribution is -2.12. The van der Waals surface area contributed by atoms with Crippen LogP contribution in [0.2, 0.25) is 5.02 Å². The summed E-state index contributed by atoms with van der Waals surface area (Å²) in [5.41, 5.74) is 12.4. The van der Waals surface area contributed by atoms with Crippen molar-refractivity contribution in [3.63, 3.8) is 0 Å². The number of aryl methyl sites for hydroxylation is 1. The van der Waals surface area contributed by atoms with Gasteiger partial charge in [-0.3, -0.25) is 4.98 Å². The molecule has 7 rings (SSSR count). The molecule has 0 fully saturated rings. The van der Waals surface area contributed by atoms with Gasteiger partial charge in [0.1, 0.15) is 0 Å². The quantitative estimate of drug-likeness (QED) is 0.168. The Morgan fingerprint density at radius 2 is 1.58 bits per heavy atom. The van der Waals surface area contributed by atoms with Gasteiger partial charge in [-0.15, -0.1) is 12.4 Å². The van der Waals surface area contributed by atoms with Gasteiger partial charge in [0.2, 0.25) is 0 Å². The molecule has 1 unspecified atom stereocenters. The van der Waals surface area contributed by atoms with Crippen LogP contribution in [0.5, 0.6) is 0 Å². The Balaban J connectivity index is 0.000000225. The van der Waals surface area contributed by atoms with Gasteiger partial charge in [0, 0.05) is 23.1 Å². The SMILES string of the molecule is CC1CCc2c(ccc3c2c(-c2ccc(Cl)cc2)cc2cc(N)ccc23)C1.Cl.c1ccc2cnccc2c1. The third-order valence-electron chi connectivity index (χ3n) is 7.51. The van der Waals surface area contributed by atoms with Crippen molar-refractivity contribution in [2.75, 3.05) is 5.73 Å². The van der Waals surface area contributed by atoms with E-state index in [0.29, 0.717) is 0 Å². The first-order valence-corrected chi connectivity index (χ1v) is 13.3. The summed E-state index contributed by atoms with van der Waals surface area (Å²) in [5.74, 6) is 0.759. The van der Waals surface area contributed by atoms with E-state index in [9.17, 15) is 0 Å². The zero-order valence-electron chi connectivity index (χ0n) is 21.3. The van der Waals surface area contributed by atoms with Gasteiger partial charge in [0.05, 0.1) is 0 Å². The zero-order valence-corrected chi connectivity index (χ0v) is 22.9. The predicted molar refractivity (Wildman–Crippen MR) is 166 cm³/mol. The second kappa shape index (κ2) is 11.0. The molecule has 0 saturated heterocycles. The average molecular weight is 538 g/mol. The summed E-state index contributed by atoms with van der Waals surface area (Å²) in [5, 5.41) is 8.41. The highest BCUT2D eigenvalue weighted by molar-refractivity contribution is 6.30. The van der Waals surface area contributed by atoms with Crippen molar-refractivity contribution >= 4 is 62.0 Å². The van der Waals surface area contributed by atoms with E-state index >= 15 is 0 Å². The lowest BCUT2D eigenvalue weighted by atomic mass is 9.80. The van der Waals surface area contributed by atoms with Gasteiger partial charge in [-0.2, -0.15) is 0 Å². The van der Waals surface area contributed by atoms with Crippen molar-refractivity contribution in [1.82, 2.24) is 4.98 Å². The molecule has 1 aliphatic rings. The summed E-state index contributed by atoms with van der Waals surface area (Å²) in [7, 11) is 0. The molecule has 0 amide bonds. The monoisotopic (exact) mass is 536 g/mol. The van der Waals surface area contributed by atoms with E-state index < -0.39 is 0 Å². The summed E-state index contributed by atoms with van der Waals surface area (Å²) >= 11 is 6.15. The molecule has 2 nitrogen and oxygen atoms in total. The van der Waals surface area contributed by atoms with Crippen LogP contribution >= 0.6 is 24.0 Å². The van der Waals surface area contributed by atoms with Gasteiger partial charge in [-0.1, -0.05) is 73.1 Å². The van der Waals surface area contributed by atoms with Crippen molar-refractivity contribution in [2.45, 2.75) is 26.2 Å². The number of halogens is 2. The first kappa shape index (κ1) is 26.0. The highest BCUT2D eigenvalue weighted by atomic mass is 35.5. The zero-order chi connectivity index (χ0) is 25.4. The standard InChI is InChI=1S/C25H22ClN.C9H7N.ClH/c1-15-2-9-22-17(12-15)5-10-23-21-11-8-20(27)13-18(21)14-24(25(22)23)16-3-6-19(26)7-4-16;1-2-4-9-7-10-6-5-8(9)3-1;/h3-8,10-11,13-15H,2,9,12,27H2,1H3;1-7H;1H. The second-order valence-corrected chi connectivity index (χ2v) is 10.5. The molecule has 1 atom stereocenters. The normalized spacial score (nSPS) is 14.4. The molecule has 4 heteroatoms. The molecule has 0 radical (unpaired) electrons. The summed E-state index contributed by atoms with van der Waals surface area (Å²) in [4.78, 5) is 4.01. The van der Waals surface area contributed by atoms with Crippen molar-refractivity contribution in [3.8, 4) is 11.1 Å². The molecule has 1 aliphatic carbocycles. The number of nitrogens with zero attached hydrogens (tertiary/aromatic N) is 1. The third kappa shape index (κ3) is 5.07. The highest BCUT2D eigenvalue weighted by Crippen LogP contribution is 2.41. The smallest absolute Gasteiger partial charge is 0.0406 e. The van der Waals surface area contributed by atoms with Gasteiger partial charge in [-0.05, 0) is 116 Å². The maximum Gasteiger partial charge on any atom is 0.0406 e. The van der Waals surface area contributed by atoms with Gasteiger partial charge >= 0.3 is 0 Å². The minimum Gasteiger partial charge on any atom is -0.399 e. The molecule has 1 aromatic heterocycles. The molecule has 38 heavy (non-hydrogen) atoms. The van der Waals surface area contributed by atoms with Gasteiger partial charge in [0.25, 0.3) is 0 Å². The first-order chi connectivity index (χ1) is 18.1. The maximum atomic E-state index is 6.15. The number of nitrogen functional groups attached to an aromatic ring is 1. The minimum atomic E-state index is 0. The van der Waals surface area contributed by atoms with Crippen LogP contribution in [0, 0.1) is 5.92 Å². The maximum absolute atomic E-state index is 6.15. The molecular formula is C34H30Cl2N2. The van der Waals surface area contributed by atoms with Crippen molar-refractivity contribution in [2.24, 2.45) is 5.92 Å². The largest absolute Gasteiger partial charge is 0.399 e. The fourth-order valence-corrected chi connectivity index (χ4v) is 5.75. The Morgan fingerprint density at radius 1 is 0.816 bits per heavy atom. The number of hydrogen-bond acceptors (Lipinski definition) is 2. The Morgan fingerprint density at radius 3 is 2.37 bits per heavy atom. The van der Waals surface area contributed by atoms with Crippen LogP contribution in [0.15, 0.2) is 103 Å². The fraction of sp³-hybridized carbons (Fsp3) is 0.147. The summed E-state index contributed by atoms with van der Waals surface area (Å²) in [6, 6.07) is 31.6. The third-order valence-corrected chi connectivity index (χ3v) is 7.76. The van der Waals surface area contributed by atoms with Crippen LogP contribution in [-0.2, 0) is 12.8 Å². The fourth-order valence-electron chi connectivity index (χ4n) is 5.63. The molecule has 2 N–H and O–H groups in total. The first-order valence-electron chi connectivity index (χ1n) is 12.9. The van der Waals surface area contributed by atoms with Gasteiger partial charge in [0.15, 0.2) is 0 Å². The van der Waals surface area contributed by atoms with E-state index in [0.717, 1.165) is 23.0 Å². The van der Waals surface area contributed by atoms with Crippen LogP contribution in [0.25, 0.3) is 43.4 Å². The Kier molecular flexibility index (Phi) is 7.56. The molecular weight excluding hydrogens is 507 g/mol. The summed E-state index contributed by atoms with van der Waals surface area (Å²) < 4.78 is 0. The van der Waals surface area contributed by atoms with E-state index in [2.05, 4.69) is 66.5 Å². The average Bonchev–Trinajstić information content (AvgIpc) is 2.93. The number of pyridine rings is 1. The predicted octanol–water partition coefficient (Wildman–Crippen LogP) is 9.68. The number of fused-ring (bicyclic) bond motifs is 6. The van der Waals surface area contributed by atoms with Crippen molar-refractivity contribution in [3.05, 3.63) is 120 Å². The van der Waals surface area contributed by atoms with Crippen LogP contribution in [-0.4, -0.2) is 4.98 Å². The highest BCUT2D eigenvalue weighted by Gasteiger charge is 2.20. The second-order valence-electron chi connectivity index (χ2n) is 10.1. The van der Waals surface area contributed by atoms with Crippen molar-refractivity contribution in [1.29, 1.82) is 0 Å². The number of hydrogen-bond donors (Lipinski definition) is 1. The topological polar surface area (TPSA) is 38.9 Å². The molecule has 0 bridgehead atoms. The van der Waals surface area contributed by atoms with E-state index in [-0.39, 0.29) is 12.4 Å². The van der Waals surface area contributed by atoms with Crippen LogP contribution < -0.4 is 5.73 Å². The molecule has 190 valence electrons. The number of benzene rings is 5. The molecule has 0 spiro atoms. The van der Waals surface area contributed by atoms with E-state index in [1.807, 2.05) is 48.8 Å². The van der Waals surface area contributed by atoms with Gasteiger partial charge < -0.3 is 5.73 Å². The molecule has 0 saturated carbocycles. The van der Waals surface area contributed by atoms with E-state index in [4.69, 9.17) is 17.3 Å². The number of anilines is 1. The van der Waals surface area contributed by atoms with Crippen LogP contribution in [0.3, 0.4) is 0 Å². The molecule has 6 aromatic rings. The molecule has 1 heterocycles. The lowest BCUT2D eigenvalue weighted by Gasteiger charge is -2.25. The number of aromatic nitrogens is 1. The lowest BCUT2D eigenvalue weighted by molar-refractivity contribution is 0.503. The number of nitrogens with two attached hydrogens (primary N) is 1. The molecule has 5 aromatic carbocycles. The van der Waals surface area contributed by atoms with Crippen LogP contribution in [0.4, 0.5) is 5.69 Å². The van der Waals surface area contributed by atoms with Crippen molar-refractivity contribution < 1.29 is 0 Å². The summed E-state index contributed by atoms with van der Waals surface area (Å²) in [6.45, 7) is 2.36. The van der Waals surface area contributed by atoms with E-state index in [1.54, 1.807) is 0 Å². The number of rotatable bonds is 1.